The molecular formula is C18H17Cl2N3O5S. The zero-order chi connectivity index (χ0) is 21.3. The first kappa shape index (κ1) is 21.4. The summed E-state index contributed by atoms with van der Waals surface area (Å²) < 4.78 is 31.9. The highest BCUT2D eigenvalue weighted by Gasteiger charge is 2.29. The third-order valence-electron chi connectivity index (χ3n) is 4.18. The lowest BCUT2D eigenvalue weighted by atomic mass is 10.2. The molecule has 11 heteroatoms. The minimum atomic E-state index is -4.09. The van der Waals surface area contributed by atoms with Crippen molar-refractivity contribution in [1.82, 2.24) is 4.31 Å². The Morgan fingerprint density at radius 3 is 2.69 bits per heavy atom. The topological polar surface area (TPSA) is 105 Å². The van der Waals surface area contributed by atoms with Crippen LogP contribution in [0.5, 0.6) is 5.75 Å². The lowest BCUT2D eigenvalue weighted by Crippen LogP contribution is -2.35. The number of halogens is 2. The number of hydrogen-bond donors (Lipinski definition) is 2. The van der Waals surface area contributed by atoms with Crippen molar-refractivity contribution in [1.29, 1.82) is 0 Å². The maximum absolute atomic E-state index is 12.9. The summed E-state index contributed by atoms with van der Waals surface area (Å²) in [4.78, 5) is 23.5. The van der Waals surface area contributed by atoms with E-state index in [9.17, 15) is 18.0 Å². The van der Waals surface area contributed by atoms with Gasteiger partial charge in [-0.05, 0) is 36.8 Å². The van der Waals surface area contributed by atoms with E-state index in [0.717, 1.165) is 9.87 Å². The molecule has 0 radical (unpaired) electrons. The number of likely N-dealkylation sites (N-methyl/N-ethyl adjacent to an activating group) is 1. The molecule has 29 heavy (non-hydrogen) atoms. The third-order valence-corrected chi connectivity index (χ3v) is 6.69. The molecule has 2 N–H and O–H groups in total. The smallest absolute Gasteiger partial charge is 0.262 e. The maximum atomic E-state index is 12.9. The normalized spacial score (nSPS) is 13.5. The summed E-state index contributed by atoms with van der Waals surface area (Å²) in [5.74, 6) is -0.711. The van der Waals surface area contributed by atoms with Gasteiger partial charge in [-0.3, -0.25) is 9.59 Å². The van der Waals surface area contributed by atoms with Crippen molar-refractivity contribution in [2.45, 2.75) is 11.8 Å². The van der Waals surface area contributed by atoms with E-state index in [-0.39, 0.29) is 33.9 Å². The van der Waals surface area contributed by atoms with Gasteiger partial charge in [0.15, 0.2) is 6.61 Å². The van der Waals surface area contributed by atoms with Crippen LogP contribution in [0.25, 0.3) is 0 Å². The van der Waals surface area contributed by atoms with E-state index in [4.69, 9.17) is 27.9 Å². The van der Waals surface area contributed by atoms with E-state index in [2.05, 4.69) is 10.6 Å². The molecule has 0 unspecified atom stereocenters. The number of benzene rings is 2. The number of amides is 2. The largest absolute Gasteiger partial charge is 0.482 e. The number of sulfonamides is 1. The van der Waals surface area contributed by atoms with Crippen LogP contribution in [-0.4, -0.2) is 44.7 Å². The summed E-state index contributed by atoms with van der Waals surface area (Å²) >= 11 is 12.0. The average Bonchev–Trinajstić information content (AvgIpc) is 2.63. The molecule has 0 saturated heterocycles. The fourth-order valence-corrected chi connectivity index (χ4v) is 4.56. The highest BCUT2D eigenvalue weighted by molar-refractivity contribution is 7.89. The Hall–Kier alpha value is -2.33. The maximum Gasteiger partial charge on any atom is 0.262 e. The molecule has 1 aliphatic rings. The fraction of sp³-hybridized carbons (Fsp3) is 0.222. The Balaban J connectivity index is 1.78. The number of carbonyl (C=O) groups is 2. The Bertz CT molecular complexity index is 1100. The first-order valence-electron chi connectivity index (χ1n) is 8.36. The monoisotopic (exact) mass is 457 g/mol. The molecule has 0 spiro atoms. The van der Waals surface area contributed by atoms with Crippen LogP contribution in [-0.2, 0) is 19.6 Å². The highest BCUT2D eigenvalue weighted by atomic mass is 35.5. The molecule has 2 amide bonds. The summed E-state index contributed by atoms with van der Waals surface area (Å²) in [6.45, 7) is 1.11. The average molecular weight is 458 g/mol. The molecule has 0 aliphatic carbocycles. The summed E-state index contributed by atoms with van der Waals surface area (Å²) in [7, 11) is -2.83. The number of nitrogens with zero attached hydrogens (tertiary/aromatic N) is 1. The van der Waals surface area contributed by atoms with Crippen molar-refractivity contribution in [2.24, 2.45) is 0 Å². The van der Waals surface area contributed by atoms with Crippen molar-refractivity contribution in [3.63, 3.8) is 0 Å². The van der Waals surface area contributed by atoms with E-state index < -0.39 is 22.5 Å². The van der Waals surface area contributed by atoms with Crippen LogP contribution < -0.4 is 15.4 Å². The van der Waals surface area contributed by atoms with Crippen LogP contribution in [0.1, 0.15) is 5.56 Å². The third kappa shape index (κ3) is 4.64. The van der Waals surface area contributed by atoms with E-state index in [0.29, 0.717) is 10.7 Å². The van der Waals surface area contributed by atoms with Crippen LogP contribution in [0.15, 0.2) is 35.2 Å². The van der Waals surface area contributed by atoms with Crippen LogP contribution in [0, 0.1) is 6.92 Å². The van der Waals surface area contributed by atoms with Gasteiger partial charge in [0.25, 0.3) is 5.91 Å². The molecule has 0 atom stereocenters. The van der Waals surface area contributed by atoms with E-state index in [1.807, 2.05) is 0 Å². The molecule has 0 aromatic heterocycles. The highest BCUT2D eigenvalue weighted by Crippen LogP contribution is 2.36. The number of nitrogens with one attached hydrogen (secondary N) is 2. The Labute approximate surface area is 177 Å². The molecule has 154 valence electrons. The number of fused-ring (bicyclic) bond motifs is 1. The Morgan fingerprint density at radius 2 is 2.00 bits per heavy atom. The van der Waals surface area contributed by atoms with Crippen molar-refractivity contribution in [2.75, 3.05) is 30.8 Å². The van der Waals surface area contributed by atoms with E-state index >= 15 is 0 Å². The standard InChI is InChI=1S/C18H17Cl2N3O5S/c1-10-5-11(19)3-4-13(10)21-17(24)8-23(2)29(26,27)16-7-15-14(6-12(16)20)22-18(25)9-28-15/h3-7H,8-9H2,1-2H3,(H,21,24)(H,22,25). The lowest BCUT2D eigenvalue weighted by Gasteiger charge is -2.22. The summed E-state index contributed by atoms with van der Waals surface area (Å²) in [5, 5.41) is 5.63. The fourth-order valence-electron chi connectivity index (χ4n) is 2.69. The van der Waals surface area contributed by atoms with Gasteiger partial charge in [-0.2, -0.15) is 4.31 Å². The number of anilines is 2. The molecular weight excluding hydrogens is 441 g/mol. The molecule has 0 fully saturated rings. The summed E-state index contributed by atoms with van der Waals surface area (Å²) in [6, 6.07) is 7.46. The van der Waals surface area contributed by atoms with Crippen molar-refractivity contribution < 1.29 is 22.7 Å². The van der Waals surface area contributed by atoms with Crippen molar-refractivity contribution in [3.8, 4) is 5.75 Å². The number of carbonyl (C=O) groups excluding carboxylic acids is 2. The van der Waals surface area contributed by atoms with Crippen molar-refractivity contribution in [3.05, 3.63) is 45.9 Å². The second-order valence-corrected chi connectivity index (χ2v) is 9.24. The molecule has 1 heterocycles. The summed E-state index contributed by atoms with van der Waals surface area (Å²) in [6.07, 6.45) is 0. The van der Waals surface area contributed by atoms with Gasteiger partial charge in [-0.1, -0.05) is 23.2 Å². The molecule has 0 saturated carbocycles. The van der Waals surface area contributed by atoms with Gasteiger partial charge in [0.05, 0.1) is 17.3 Å². The number of hydrogen-bond acceptors (Lipinski definition) is 5. The molecule has 8 nitrogen and oxygen atoms in total. The van der Waals surface area contributed by atoms with E-state index in [1.165, 1.54) is 19.2 Å². The first-order valence-corrected chi connectivity index (χ1v) is 10.6. The second kappa shape index (κ2) is 8.19. The molecule has 2 aromatic carbocycles. The number of aryl methyl sites for hydroxylation is 1. The molecule has 0 bridgehead atoms. The second-order valence-electron chi connectivity index (χ2n) is 6.38. The molecule has 3 rings (SSSR count). The van der Waals surface area contributed by atoms with Gasteiger partial charge in [-0.15, -0.1) is 0 Å². The zero-order valence-electron chi connectivity index (χ0n) is 15.5. The van der Waals surface area contributed by atoms with Crippen LogP contribution in [0.2, 0.25) is 10.0 Å². The first-order chi connectivity index (χ1) is 13.6. The summed E-state index contributed by atoms with van der Waals surface area (Å²) in [5.41, 5.74) is 1.55. The molecule has 2 aromatic rings. The van der Waals surface area contributed by atoms with Gasteiger partial charge in [0.1, 0.15) is 10.6 Å². The Morgan fingerprint density at radius 1 is 1.28 bits per heavy atom. The Kier molecular flexibility index (Phi) is 6.04. The van der Waals surface area contributed by atoms with Crippen LogP contribution in [0.4, 0.5) is 11.4 Å². The van der Waals surface area contributed by atoms with Gasteiger partial charge in [0, 0.05) is 23.8 Å². The molecule has 1 aliphatic heterocycles. The minimum Gasteiger partial charge on any atom is -0.482 e. The number of rotatable bonds is 5. The van der Waals surface area contributed by atoms with Gasteiger partial charge < -0.3 is 15.4 Å². The van der Waals surface area contributed by atoms with Crippen molar-refractivity contribution >= 4 is 56.4 Å². The predicted octanol–water partition coefficient (Wildman–Crippen LogP) is 2.89. The number of ether oxygens (including phenoxy) is 1. The quantitative estimate of drug-likeness (QED) is 0.717. The van der Waals surface area contributed by atoms with Crippen LogP contribution >= 0.6 is 23.2 Å². The SMILES string of the molecule is Cc1cc(Cl)ccc1NC(=O)CN(C)S(=O)(=O)c1cc2c(cc1Cl)NC(=O)CO2. The van der Waals surface area contributed by atoms with E-state index in [1.54, 1.807) is 25.1 Å². The van der Waals surface area contributed by atoms with Gasteiger partial charge in [0.2, 0.25) is 15.9 Å². The van der Waals surface area contributed by atoms with Gasteiger partial charge in [-0.25, -0.2) is 8.42 Å². The zero-order valence-corrected chi connectivity index (χ0v) is 17.8. The minimum absolute atomic E-state index is 0.102. The van der Waals surface area contributed by atoms with Gasteiger partial charge >= 0.3 is 0 Å². The lowest BCUT2D eigenvalue weighted by molar-refractivity contribution is -0.118. The predicted molar refractivity (Wildman–Crippen MR) is 110 cm³/mol. The van der Waals surface area contributed by atoms with Crippen LogP contribution in [0.3, 0.4) is 0 Å².